The van der Waals surface area contributed by atoms with Gasteiger partial charge in [0.2, 0.25) is 5.89 Å². The Labute approximate surface area is 142 Å². The lowest BCUT2D eigenvalue weighted by molar-refractivity contribution is 0.391. The largest absolute Gasteiger partial charge is 0.444 e. The number of thioether (sulfide) groups is 1. The first-order valence-electron chi connectivity index (χ1n) is 7.04. The summed E-state index contributed by atoms with van der Waals surface area (Å²) in [6.45, 7) is 6.27. The van der Waals surface area contributed by atoms with Gasteiger partial charge in [0.15, 0.2) is 10.8 Å². The van der Waals surface area contributed by atoms with Crippen LogP contribution in [-0.4, -0.2) is 19.9 Å². The van der Waals surface area contributed by atoms with Crippen molar-refractivity contribution in [3.63, 3.8) is 0 Å². The second-order valence-electron chi connectivity index (χ2n) is 5.94. The number of hydrogen-bond donors (Lipinski definition) is 1. The predicted octanol–water partition coefficient (Wildman–Crippen LogP) is 3.76. The monoisotopic (exact) mass is 347 g/mol. The number of nitrogens with two attached hydrogens (primary N) is 1. The zero-order chi connectivity index (χ0) is 16.4. The summed E-state index contributed by atoms with van der Waals surface area (Å²) in [7, 11) is 0. The molecule has 6 nitrogen and oxygen atoms in total. The first-order valence-corrected chi connectivity index (χ1v) is 8.90. The van der Waals surface area contributed by atoms with Crippen molar-refractivity contribution in [2.24, 2.45) is 0 Å². The molecule has 0 aliphatic rings. The zero-order valence-electron chi connectivity index (χ0n) is 13.1. The summed E-state index contributed by atoms with van der Waals surface area (Å²) in [5.74, 6) is 3.12. The van der Waals surface area contributed by atoms with Crippen LogP contribution >= 0.6 is 23.1 Å². The van der Waals surface area contributed by atoms with Crippen molar-refractivity contribution in [3.8, 4) is 10.8 Å². The lowest BCUT2D eigenvalue weighted by atomic mass is 9.94. The SMILES string of the molecule is CC(C)(C)c1cnc(CSc2cnc(-c3nccs3)nc2N)o1. The number of oxazole rings is 1. The Morgan fingerprint density at radius 2 is 2.04 bits per heavy atom. The molecule has 8 heteroatoms. The van der Waals surface area contributed by atoms with Gasteiger partial charge in [0.25, 0.3) is 0 Å². The summed E-state index contributed by atoms with van der Waals surface area (Å²) in [5, 5.41) is 2.64. The van der Waals surface area contributed by atoms with Crippen LogP contribution in [0.3, 0.4) is 0 Å². The first kappa shape index (κ1) is 15.9. The highest BCUT2D eigenvalue weighted by Gasteiger charge is 2.19. The predicted molar refractivity (Wildman–Crippen MR) is 92.3 cm³/mol. The second-order valence-corrected chi connectivity index (χ2v) is 7.85. The lowest BCUT2D eigenvalue weighted by Crippen LogP contribution is -2.09. The molecule has 0 amide bonds. The van der Waals surface area contributed by atoms with Crippen LogP contribution in [0.25, 0.3) is 10.8 Å². The molecule has 2 N–H and O–H groups in total. The van der Waals surface area contributed by atoms with Gasteiger partial charge in [0, 0.05) is 23.2 Å². The molecule has 0 atom stereocenters. The van der Waals surface area contributed by atoms with Crippen LogP contribution in [0.1, 0.15) is 32.4 Å². The van der Waals surface area contributed by atoms with E-state index in [4.69, 9.17) is 10.2 Å². The number of nitrogen functional groups attached to an aromatic ring is 1. The Hall–Kier alpha value is -1.93. The molecule has 3 rings (SSSR count). The third-order valence-electron chi connectivity index (χ3n) is 3.05. The van der Waals surface area contributed by atoms with E-state index in [0.29, 0.717) is 23.3 Å². The van der Waals surface area contributed by atoms with Gasteiger partial charge in [0.1, 0.15) is 11.6 Å². The standard InChI is InChI=1S/C15H17N5OS2/c1-15(2,3)10-7-18-11(21-10)8-23-9-6-19-13(20-12(9)16)14-17-4-5-22-14/h4-7H,8H2,1-3H3,(H2,16,19,20). The van der Waals surface area contributed by atoms with Crippen molar-refractivity contribution in [1.82, 2.24) is 19.9 Å². The van der Waals surface area contributed by atoms with Crippen LogP contribution in [0, 0.1) is 0 Å². The Kier molecular flexibility index (Phi) is 4.36. The maximum atomic E-state index is 6.02. The van der Waals surface area contributed by atoms with E-state index in [-0.39, 0.29) is 5.41 Å². The number of anilines is 1. The molecule has 120 valence electrons. The van der Waals surface area contributed by atoms with E-state index in [1.165, 1.54) is 23.1 Å². The third kappa shape index (κ3) is 3.70. The molecule has 0 aromatic carbocycles. The fourth-order valence-electron chi connectivity index (χ4n) is 1.80. The topological polar surface area (TPSA) is 90.7 Å². The van der Waals surface area contributed by atoms with Crippen LogP contribution in [0.15, 0.2) is 33.3 Å². The van der Waals surface area contributed by atoms with Gasteiger partial charge in [-0.15, -0.1) is 23.1 Å². The maximum absolute atomic E-state index is 6.02. The van der Waals surface area contributed by atoms with E-state index in [2.05, 4.69) is 40.7 Å². The van der Waals surface area contributed by atoms with E-state index < -0.39 is 0 Å². The highest BCUT2D eigenvalue weighted by molar-refractivity contribution is 7.98. The van der Waals surface area contributed by atoms with Gasteiger partial charge < -0.3 is 10.2 Å². The quantitative estimate of drug-likeness (QED) is 0.718. The molecule has 0 unspecified atom stereocenters. The minimum absolute atomic E-state index is 0.0482. The van der Waals surface area contributed by atoms with Crippen molar-refractivity contribution in [2.75, 3.05) is 5.73 Å². The first-order chi connectivity index (χ1) is 10.9. The molecule has 0 aliphatic carbocycles. The van der Waals surface area contributed by atoms with Crippen LogP contribution in [0.4, 0.5) is 5.82 Å². The molecule has 0 bridgehead atoms. The van der Waals surface area contributed by atoms with Crippen LogP contribution in [0.5, 0.6) is 0 Å². The van der Waals surface area contributed by atoms with Gasteiger partial charge in [-0.2, -0.15) is 0 Å². The molecule has 0 saturated carbocycles. The fourth-order valence-corrected chi connectivity index (χ4v) is 3.10. The van der Waals surface area contributed by atoms with Crippen LogP contribution < -0.4 is 5.73 Å². The van der Waals surface area contributed by atoms with Gasteiger partial charge in [0.05, 0.1) is 16.8 Å². The molecular formula is C15H17N5OS2. The zero-order valence-corrected chi connectivity index (χ0v) is 14.7. The van der Waals surface area contributed by atoms with E-state index >= 15 is 0 Å². The lowest BCUT2D eigenvalue weighted by Gasteiger charge is -2.13. The van der Waals surface area contributed by atoms with Crippen molar-refractivity contribution in [1.29, 1.82) is 0 Å². The van der Waals surface area contributed by atoms with Crippen molar-refractivity contribution in [2.45, 2.75) is 36.8 Å². The van der Waals surface area contributed by atoms with Crippen LogP contribution in [0.2, 0.25) is 0 Å². The van der Waals surface area contributed by atoms with E-state index in [9.17, 15) is 0 Å². The Bertz CT molecular complexity index is 793. The molecule has 3 aromatic heterocycles. The molecule has 0 saturated heterocycles. The number of nitrogens with zero attached hydrogens (tertiary/aromatic N) is 4. The van der Waals surface area contributed by atoms with Crippen molar-refractivity contribution in [3.05, 3.63) is 35.6 Å². The number of aromatic nitrogens is 4. The normalized spacial score (nSPS) is 11.8. The van der Waals surface area contributed by atoms with Crippen LogP contribution in [-0.2, 0) is 11.2 Å². The minimum atomic E-state index is -0.0482. The number of thiazole rings is 1. The highest BCUT2D eigenvalue weighted by Crippen LogP contribution is 2.30. The molecule has 0 fully saturated rings. The summed E-state index contributed by atoms with van der Waals surface area (Å²) in [6.07, 6.45) is 5.22. The summed E-state index contributed by atoms with van der Waals surface area (Å²) in [6, 6.07) is 0. The smallest absolute Gasteiger partial charge is 0.204 e. The molecule has 3 aromatic rings. The summed E-state index contributed by atoms with van der Waals surface area (Å²) >= 11 is 2.99. The van der Waals surface area contributed by atoms with Crippen molar-refractivity contribution >= 4 is 28.9 Å². The maximum Gasteiger partial charge on any atom is 0.204 e. The Morgan fingerprint density at radius 3 is 2.65 bits per heavy atom. The van der Waals surface area contributed by atoms with Gasteiger partial charge in [-0.25, -0.2) is 19.9 Å². The van der Waals surface area contributed by atoms with Gasteiger partial charge >= 0.3 is 0 Å². The molecule has 23 heavy (non-hydrogen) atoms. The minimum Gasteiger partial charge on any atom is -0.444 e. The summed E-state index contributed by atoms with van der Waals surface area (Å²) in [5.41, 5.74) is 5.97. The van der Waals surface area contributed by atoms with Crippen molar-refractivity contribution < 1.29 is 4.42 Å². The molecular weight excluding hydrogens is 330 g/mol. The molecule has 0 spiro atoms. The Balaban J connectivity index is 1.70. The number of hydrogen-bond acceptors (Lipinski definition) is 8. The van der Waals surface area contributed by atoms with E-state index in [1.54, 1.807) is 18.6 Å². The summed E-state index contributed by atoms with van der Waals surface area (Å²) < 4.78 is 5.77. The fraction of sp³-hybridized carbons (Fsp3) is 0.333. The van der Waals surface area contributed by atoms with Gasteiger partial charge in [-0.05, 0) is 0 Å². The Morgan fingerprint density at radius 1 is 1.22 bits per heavy atom. The highest BCUT2D eigenvalue weighted by atomic mass is 32.2. The second kappa shape index (κ2) is 6.29. The summed E-state index contributed by atoms with van der Waals surface area (Å²) in [4.78, 5) is 17.9. The van der Waals surface area contributed by atoms with Gasteiger partial charge in [-0.1, -0.05) is 20.8 Å². The average molecular weight is 347 g/mol. The van der Waals surface area contributed by atoms with E-state index in [1.807, 2.05) is 5.38 Å². The van der Waals surface area contributed by atoms with Gasteiger partial charge in [-0.3, -0.25) is 0 Å². The molecule has 0 radical (unpaired) electrons. The third-order valence-corrected chi connectivity index (χ3v) is 4.84. The van der Waals surface area contributed by atoms with E-state index in [0.717, 1.165) is 15.7 Å². The molecule has 3 heterocycles. The molecule has 0 aliphatic heterocycles. The number of rotatable bonds is 4. The average Bonchev–Trinajstić information content (AvgIpc) is 3.17.